The van der Waals surface area contributed by atoms with Gasteiger partial charge in [-0.15, -0.1) is 11.3 Å². The monoisotopic (exact) mass is 404 g/mol. The summed E-state index contributed by atoms with van der Waals surface area (Å²) in [6, 6.07) is 16.8. The van der Waals surface area contributed by atoms with E-state index in [-0.39, 0.29) is 11.5 Å². The summed E-state index contributed by atoms with van der Waals surface area (Å²) in [6.07, 6.45) is 0. The van der Waals surface area contributed by atoms with Gasteiger partial charge in [-0.1, -0.05) is 36.4 Å². The largest absolute Gasteiger partial charge is 0.465 e. The van der Waals surface area contributed by atoms with Gasteiger partial charge in [0.25, 0.3) is 0 Å². The van der Waals surface area contributed by atoms with Crippen molar-refractivity contribution < 1.29 is 19.1 Å². The zero-order valence-electron chi connectivity index (χ0n) is 15.7. The Morgan fingerprint density at radius 1 is 1.10 bits per heavy atom. The van der Waals surface area contributed by atoms with E-state index in [1.807, 2.05) is 48.5 Å². The molecule has 1 amide bonds. The molecule has 4 rings (SSSR count). The van der Waals surface area contributed by atoms with Gasteiger partial charge in [-0.3, -0.25) is 4.79 Å². The number of methoxy groups -OCH3 is 1. The molecule has 29 heavy (non-hydrogen) atoms. The van der Waals surface area contributed by atoms with Crippen molar-refractivity contribution in [2.45, 2.75) is 12.8 Å². The van der Waals surface area contributed by atoms with Gasteiger partial charge in [-0.05, 0) is 24.6 Å². The normalized spacial score (nSPS) is 12.2. The maximum Gasteiger partial charge on any atom is 0.348 e. The van der Waals surface area contributed by atoms with Gasteiger partial charge in [-0.25, -0.2) is 4.79 Å². The molecule has 2 heterocycles. The van der Waals surface area contributed by atoms with E-state index < -0.39 is 11.9 Å². The first kappa shape index (κ1) is 18.7. The van der Waals surface area contributed by atoms with Crippen LogP contribution in [0.3, 0.4) is 0 Å². The van der Waals surface area contributed by atoms with Crippen molar-refractivity contribution in [2.75, 3.05) is 12.4 Å². The van der Waals surface area contributed by atoms with Gasteiger partial charge in [0.1, 0.15) is 27.4 Å². The third kappa shape index (κ3) is 3.13. The second-order valence-corrected chi connectivity index (χ2v) is 7.48. The molecule has 1 aromatic heterocycles. The third-order valence-electron chi connectivity index (χ3n) is 4.81. The summed E-state index contributed by atoms with van der Waals surface area (Å²) in [5.41, 5.74) is 2.23. The van der Waals surface area contributed by atoms with E-state index in [4.69, 9.17) is 9.47 Å². The predicted octanol–water partition coefficient (Wildman–Crippen LogP) is 4.59. The molecule has 144 valence electrons. The minimum atomic E-state index is -0.605. The number of ether oxygens (including phenoxy) is 2. The molecule has 0 bridgehead atoms. The Morgan fingerprint density at radius 3 is 2.24 bits per heavy atom. The molecule has 1 aliphatic heterocycles. The lowest BCUT2D eigenvalue weighted by atomic mass is 9.87. The molecule has 0 saturated carbocycles. The minimum Gasteiger partial charge on any atom is -0.465 e. The fourth-order valence-corrected chi connectivity index (χ4v) is 4.48. The topological polar surface area (TPSA) is 88.4 Å². The summed E-state index contributed by atoms with van der Waals surface area (Å²) in [4.78, 5) is 25.6. The van der Waals surface area contributed by atoms with E-state index in [1.54, 1.807) is 6.92 Å². The number of nitriles is 1. The molecule has 0 spiro atoms. The van der Waals surface area contributed by atoms with E-state index in [0.717, 1.165) is 22.5 Å². The third-order valence-corrected chi connectivity index (χ3v) is 6.00. The number of nitrogens with zero attached hydrogens (tertiary/aromatic N) is 1. The maximum absolute atomic E-state index is 13.3. The van der Waals surface area contributed by atoms with E-state index in [0.29, 0.717) is 26.9 Å². The standard InChI is InChI=1S/C22H16N2O4S/c1-12-15(11-23)21(29-19(12)22(26)27-2)24-20(25)18-13-7-3-5-9-16(13)28-17-10-6-4-8-14(17)18/h3-10,18H,1-2H3,(H,24,25). The summed E-state index contributed by atoms with van der Waals surface area (Å²) < 4.78 is 10.7. The number of hydrogen-bond donors (Lipinski definition) is 1. The zero-order chi connectivity index (χ0) is 20.5. The van der Waals surface area contributed by atoms with Crippen molar-refractivity contribution in [3.05, 3.63) is 75.7 Å². The Labute approximate surface area is 171 Å². The first-order chi connectivity index (χ1) is 14.0. The number of fused-ring (bicyclic) bond motifs is 2. The molecule has 2 aromatic carbocycles. The lowest BCUT2D eigenvalue weighted by molar-refractivity contribution is -0.116. The number of anilines is 1. The van der Waals surface area contributed by atoms with Crippen LogP contribution in [-0.2, 0) is 9.53 Å². The van der Waals surface area contributed by atoms with Crippen LogP contribution in [0.25, 0.3) is 0 Å². The first-order valence-electron chi connectivity index (χ1n) is 8.83. The second-order valence-electron chi connectivity index (χ2n) is 6.46. The quantitative estimate of drug-likeness (QED) is 0.645. The van der Waals surface area contributed by atoms with Gasteiger partial charge in [0.15, 0.2) is 0 Å². The number of esters is 1. The van der Waals surface area contributed by atoms with E-state index >= 15 is 0 Å². The average molecular weight is 404 g/mol. The van der Waals surface area contributed by atoms with Crippen molar-refractivity contribution in [1.29, 1.82) is 5.26 Å². The van der Waals surface area contributed by atoms with Crippen molar-refractivity contribution in [1.82, 2.24) is 0 Å². The van der Waals surface area contributed by atoms with Crippen molar-refractivity contribution >= 4 is 28.2 Å². The Balaban J connectivity index is 1.76. The van der Waals surface area contributed by atoms with Gasteiger partial charge in [0, 0.05) is 11.1 Å². The number of amides is 1. The number of para-hydroxylation sites is 2. The van der Waals surface area contributed by atoms with Gasteiger partial charge >= 0.3 is 5.97 Å². The highest BCUT2D eigenvalue weighted by Crippen LogP contribution is 2.45. The molecular formula is C22H16N2O4S. The van der Waals surface area contributed by atoms with Crippen LogP contribution in [0.1, 0.15) is 37.8 Å². The highest BCUT2D eigenvalue weighted by atomic mass is 32.1. The minimum absolute atomic E-state index is 0.261. The predicted molar refractivity (Wildman–Crippen MR) is 109 cm³/mol. The maximum atomic E-state index is 13.3. The van der Waals surface area contributed by atoms with Gasteiger partial charge < -0.3 is 14.8 Å². The summed E-state index contributed by atoms with van der Waals surface area (Å²) in [5, 5.41) is 12.7. The smallest absolute Gasteiger partial charge is 0.348 e. The molecule has 1 aliphatic rings. The lowest BCUT2D eigenvalue weighted by Crippen LogP contribution is -2.25. The van der Waals surface area contributed by atoms with E-state index in [2.05, 4.69) is 11.4 Å². The number of carbonyl (C=O) groups is 2. The highest BCUT2D eigenvalue weighted by Gasteiger charge is 2.33. The fourth-order valence-electron chi connectivity index (χ4n) is 3.40. The molecule has 7 heteroatoms. The SMILES string of the molecule is COC(=O)c1sc(NC(=O)C2c3ccccc3Oc3ccccc32)c(C#N)c1C. The van der Waals surface area contributed by atoms with Crippen LogP contribution >= 0.6 is 11.3 Å². The zero-order valence-corrected chi connectivity index (χ0v) is 16.5. The summed E-state index contributed by atoms with van der Waals surface area (Å²) in [7, 11) is 1.28. The van der Waals surface area contributed by atoms with Crippen LogP contribution in [0.4, 0.5) is 5.00 Å². The molecular weight excluding hydrogens is 388 g/mol. The molecule has 0 aliphatic carbocycles. The number of benzene rings is 2. The summed E-state index contributed by atoms with van der Waals surface area (Å²) in [5.74, 6) is -0.214. The van der Waals surface area contributed by atoms with Crippen LogP contribution in [0.5, 0.6) is 11.5 Å². The number of nitrogens with one attached hydrogen (secondary N) is 1. The molecule has 0 saturated heterocycles. The van der Waals surface area contributed by atoms with E-state index in [1.165, 1.54) is 7.11 Å². The summed E-state index contributed by atoms with van der Waals surface area (Å²) >= 11 is 1.04. The fraction of sp³-hybridized carbons (Fsp3) is 0.136. The van der Waals surface area contributed by atoms with Crippen LogP contribution in [0.2, 0.25) is 0 Å². The van der Waals surface area contributed by atoms with Crippen molar-refractivity contribution in [3.8, 4) is 17.6 Å². The van der Waals surface area contributed by atoms with Crippen LogP contribution in [-0.4, -0.2) is 19.0 Å². The highest BCUT2D eigenvalue weighted by molar-refractivity contribution is 7.18. The van der Waals surface area contributed by atoms with Gasteiger partial charge in [0.2, 0.25) is 5.91 Å². The number of rotatable bonds is 3. The van der Waals surface area contributed by atoms with Gasteiger partial charge in [-0.2, -0.15) is 5.26 Å². The van der Waals surface area contributed by atoms with Crippen LogP contribution in [0, 0.1) is 18.3 Å². The Hall–Kier alpha value is -3.63. The molecule has 3 aromatic rings. The molecule has 0 unspecified atom stereocenters. The molecule has 1 N–H and O–H groups in total. The Kier molecular flexibility index (Phi) is 4.79. The number of hydrogen-bond acceptors (Lipinski definition) is 6. The number of thiophene rings is 1. The number of carbonyl (C=O) groups excluding carboxylic acids is 2. The van der Waals surface area contributed by atoms with Crippen molar-refractivity contribution in [2.24, 2.45) is 0 Å². The Bertz CT molecular complexity index is 1130. The average Bonchev–Trinajstić information content (AvgIpc) is 3.06. The van der Waals surface area contributed by atoms with Crippen molar-refractivity contribution in [3.63, 3.8) is 0 Å². The summed E-state index contributed by atoms with van der Waals surface area (Å²) in [6.45, 7) is 1.66. The molecule has 0 atom stereocenters. The molecule has 0 radical (unpaired) electrons. The second kappa shape index (κ2) is 7.41. The molecule has 0 fully saturated rings. The Morgan fingerprint density at radius 2 is 1.69 bits per heavy atom. The first-order valence-corrected chi connectivity index (χ1v) is 9.65. The lowest BCUT2D eigenvalue weighted by Gasteiger charge is -2.27. The van der Waals surface area contributed by atoms with E-state index in [9.17, 15) is 14.9 Å². The molecule has 6 nitrogen and oxygen atoms in total. The van der Waals surface area contributed by atoms with Gasteiger partial charge in [0.05, 0.1) is 18.6 Å². The van der Waals surface area contributed by atoms with Crippen LogP contribution < -0.4 is 10.1 Å². The van der Waals surface area contributed by atoms with Crippen LogP contribution in [0.15, 0.2) is 48.5 Å².